The Morgan fingerprint density at radius 3 is 2.17 bits per heavy atom. The van der Waals surface area contributed by atoms with Gasteiger partial charge in [-0.1, -0.05) is 0 Å². The summed E-state index contributed by atoms with van der Waals surface area (Å²) in [5, 5.41) is 0. The molecule has 24 heavy (non-hydrogen) atoms. The molecular formula is C16H24N2O5S. The average molecular weight is 356 g/mol. The van der Waals surface area contributed by atoms with Crippen LogP contribution in [0.25, 0.3) is 0 Å². The van der Waals surface area contributed by atoms with Crippen molar-refractivity contribution in [2.75, 3.05) is 57.1 Å². The third-order valence-electron chi connectivity index (χ3n) is 3.92. The Kier molecular flexibility index (Phi) is 6.59. The summed E-state index contributed by atoms with van der Waals surface area (Å²) >= 11 is 0. The summed E-state index contributed by atoms with van der Waals surface area (Å²) in [6.07, 6.45) is 0.630. The van der Waals surface area contributed by atoms with Crippen LogP contribution in [0.3, 0.4) is 0 Å². The summed E-state index contributed by atoms with van der Waals surface area (Å²) in [6, 6.07) is 6.69. The van der Waals surface area contributed by atoms with Crippen molar-refractivity contribution >= 4 is 21.6 Å². The Morgan fingerprint density at radius 1 is 1.12 bits per heavy atom. The van der Waals surface area contributed by atoms with E-state index in [1.165, 1.54) is 4.31 Å². The van der Waals surface area contributed by atoms with E-state index in [0.717, 1.165) is 0 Å². The fraction of sp³-hybridized carbons (Fsp3) is 0.562. The summed E-state index contributed by atoms with van der Waals surface area (Å²) in [6.45, 7) is 2.32. The molecule has 1 amide bonds. The Balaban J connectivity index is 2.11. The van der Waals surface area contributed by atoms with Gasteiger partial charge < -0.3 is 14.4 Å². The van der Waals surface area contributed by atoms with Crippen molar-refractivity contribution in [3.63, 3.8) is 0 Å². The second kappa shape index (κ2) is 8.46. The fourth-order valence-electron chi connectivity index (χ4n) is 2.60. The molecule has 0 N–H and O–H groups in total. The minimum absolute atomic E-state index is 0.125. The maximum absolute atomic E-state index is 12.6. The Morgan fingerprint density at radius 2 is 1.71 bits per heavy atom. The number of carbonyl (C=O) groups excluding carboxylic acids is 1. The molecule has 0 radical (unpaired) electrons. The molecule has 1 aliphatic heterocycles. The zero-order valence-corrected chi connectivity index (χ0v) is 14.9. The summed E-state index contributed by atoms with van der Waals surface area (Å²) in [5.74, 6) is 0.0510. The molecule has 2 rings (SSSR count). The van der Waals surface area contributed by atoms with E-state index in [1.807, 2.05) is 0 Å². The standard InChI is InChI=1S/C16H24N2O5S/c1-22-11-9-17(10-12-23-2)16(19)14-4-6-15(7-5-14)18-8-3-13-24(18,20)21/h4-7H,3,8-13H2,1-2H3. The number of benzene rings is 1. The molecule has 0 unspecified atom stereocenters. The number of ether oxygens (including phenoxy) is 2. The van der Waals surface area contributed by atoms with Crippen LogP contribution in [0.4, 0.5) is 5.69 Å². The van der Waals surface area contributed by atoms with Gasteiger partial charge in [0.15, 0.2) is 0 Å². The van der Waals surface area contributed by atoms with Crippen molar-refractivity contribution in [1.82, 2.24) is 4.90 Å². The molecular weight excluding hydrogens is 332 g/mol. The van der Waals surface area contributed by atoms with E-state index >= 15 is 0 Å². The van der Waals surface area contributed by atoms with Gasteiger partial charge in [-0.3, -0.25) is 9.10 Å². The predicted octanol–water partition coefficient (Wildman–Crippen LogP) is 0.962. The van der Waals surface area contributed by atoms with Gasteiger partial charge in [-0.15, -0.1) is 0 Å². The molecule has 0 saturated carbocycles. The molecule has 1 saturated heterocycles. The smallest absolute Gasteiger partial charge is 0.254 e. The summed E-state index contributed by atoms with van der Waals surface area (Å²) in [7, 11) is -0.0335. The molecule has 0 spiro atoms. The third-order valence-corrected chi connectivity index (χ3v) is 5.79. The van der Waals surface area contributed by atoms with Crippen LogP contribution in [-0.2, 0) is 19.5 Å². The van der Waals surface area contributed by atoms with Crippen molar-refractivity contribution in [1.29, 1.82) is 0 Å². The van der Waals surface area contributed by atoms with Crippen LogP contribution in [-0.4, -0.2) is 72.0 Å². The first-order chi connectivity index (χ1) is 11.5. The van der Waals surface area contributed by atoms with Gasteiger partial charge in [0.1, 0.15) is 0 Å². The monoisotopic (exact) mass is 356 g/mol. The number of hydrogen-bond acceptors (Lipinski definition) is 5. The molecule has 1 aromatic rings. The number of anilines is 1. The second-order valence-electron chi connectivity index (χ2n) is 5.57. The molecule has 0 aliphatic carbocycles. The normalized spacial score (nSPS) is 16.3. The minimum atomic E-state index is -3.21. The Labute approximate surface area is 143 Å². The SMILES string of the molecule is COCCN(CCOC)C(=O)c1ccc(N2CCCS2(=O)=O)cc1. The highest BCUT2D eigenvalue weighted by atomic mass is 32.2. The first-order valence-corrected chi connectivity index (χ1v) is 9.48. The van der Waals surface area contributed by atoms with E-state index < -0.39 is 10.0 Å². The molecule has 7 nitrogen and oxygen atoms in total. The lowest BCUT2D eigenvalue weighted by Crippen LogP contribution is -2.36. The quantitative estimate of drug-likeness (QED) is 0.693. The molecule has 0 aromatic heterocycles. The molecule has 1 fully saturated rings. The van der Waals surface area contributed by atoms with Gasteiger partial charge in [0.05, 0.1) is 24.7 Å². The van der Waals surface area contributed by atoms with Crippen molar-refractivity contribution < 1.29 is 22.7 Å². The largest absolute Gasteiger partial charge is 0.383 e. The van der Waals surface area contributed by atoms with Crippen molar-refractivity contribution in [2.45, 2.75) is 6.42 Å². The zero-order valence-electron chi connectivity index (χ0n) is 14.1. The topological polar surface area (TPSA) is 76.2 Å². The van der Waals surface area contributed by atoms with Gasteiger partial charge >= 0.3 is 0 Å². The van der Waals surface area contributed by atoms with Gasteiger partial charge in [-0.05, 0) is 30.7 Å². The van der Waals surface area contributed by atoms with E-state index in [0.29, 0.717) is 50.5 Å². The molecule has 8 heteroatoms. The van der Waals surface area contributed by atoms with Gasteiger partial charge in [0.25, 0.3) is 5.91 Å². The van der Waals surface area contributed by atoms with E-state index in [1.54, 1.807) is 43.4 Å². The van der Waals surface area contributed by atoms with Gasteiger partial charge in [-0.25, -0.2) is 8.42 Å². The Hall–Kier alpha value is -1.64. The number of carbonyl (C=O) groups is 1. The van der Waals surface area contributed by atoms with Crippen LogP contribution in [0.1, 0.15) is 16.8 Å². The number of methoxy groups -OCH3 is 2. The number of amides is 1. The van der Waals surface area contributed by atoms with E-state index in [9.17, 15) is 13.2 Å². The van der Waals surface area contributed by atoms with Crippen molar-refractivity contribution in [3.05, 3.63) is 29.8 Å². The lowest BCUT2D eigenvalue weighted by molar-refractivity contribution is 0.0627. The molecule has 1 heterocycles. The van der Waals surface area contributed by atoms with Crippen molar-refractivity contribution in [3.8, 4) is 0 Å². The molecule has 0 bridgehead atoms. The highest BCUT2D eigenvalue weighted by molar-refractivity contribution is 7.93. The highest BCUT2D eigenvalue weighted by Gasteiger charge is 2.28. The predicted molar refractivity (Wildman–Crippen MR) is 91.8 cm³/mol. The van der Waals surface area contributed by atoms with E-state index in [4.69, 9.17) is 9.47 Å². The summed E-state index contributed by atoms with van der Waals surface area (Å²) in [4.78, 5) is 14.3. The van der Waals surface area contributed by atoms with Crippen LogP contribution in [0, 0.1) is 0 Å². The fourth-order valence-corrected chi connectivity index (χ4v) is 4.16. The van der Waals surface area contributed by atoms with Gasteiger partial charge in [0.2, 0.25) is 10.0 Å². The number of nitrogens with zero attached hydrogens (tertiary/aromatic N) is 2. The first-order valence-electron chi connectivity index (χ1n) is 7.87. The molecule has 1 aromatic carbocycles. The minimum Gasteiger partial charge on any atom is -0.383 e. The Bertz CT molecular complexity index is 637. The maximum Gasteiger partial charge on any atom is 0.254 e. The molecule has 1 aliphatic rings. The third kappa shape index (κ3) is 4.46. The van der Waals surface area contributed by atoms with Gasteiger partial charge in [0, 0.05) is 39.4 Å². The van der Waals surface area contributed by atoms with Crippen LogP contribution in [0.15, 0.2) is 24.3 Å². The van der Waals surface area contributed by atoms with Crippen LogP contribution in [0.2, 0.25) is 0 Å². The maximum atomic E-state index is 12.6. The lowest BCUT2D eigenvalue weighted by Gasteiger charge is -2.22. The lowest BCUT2D eigenvalue weighted by atomic mass is 10.1. The summed E-state index contributed by atoms with van der Waals surface area (Å²) < 4.78 is 35.4. The number of sulfonamides is 1. The van der Waals surface area contributed by atoms with Crippen molar-refractivity contribution in [2.24, 2.45) is 0 Å². The summed E-state index contributed by atoms with van der Waals surface area (Å²) in [5.41, 5.74) is 1.12. The highest BCUT2D eigenvalue weighted by Crippen LogP contribution is 2.24. The molecule has 134 valence electrons. The zero-order chi connectivity index (χ0) is 17.6. The van der Waals surface area contributed by atoms with Crippen LogP contribution < -0.4 is 4.31 Å². The number of hydrogen-bond donors (Lipinski definition) is 0. The second-order valence-corrected chi connectivity index (χ2v) is 7.58. The van der Waals surface area contributed by atoms with E-state index in [2.05, 4.69) is 0 Å². The van der Waals surface area contributed by atoms with Crippen LogP contribution in [0.5, 0.6) is 0 Å². The number of rotatable bonds is 8. The first kappa shape index (κ1) is 18.7. The molecule has 0 atom stereocenters. The van der Waals surface area contributed by atoms with Crippen LogP contribution >= 0.6 is 0 Å². The van der Waals surface area contributed by atoms with Gasteiger partial charge in [-0.2, -0.15) is 0 Å². The van der Waals surface area contributed by atoms with E-state index in [-0.39, 0.29) is 11.7 Å². The average Bonchev–Trinajstić information content (AvgIpc) is 2.94.